The number of carboxylic acids is 2. The first kappa shape index (κ1) is 22.0. The number of piperidine rings is 1. The molecule has 168 valence electrons. The first-order chi connectivity index (χ1) is 15.5. The molecule has 1 fully saturated rings. The van der Waals surface area contributed by atoms with E-state index in [1.54, 1.807) is 0 Å². The van der Waals surface area contributed by atoms with E-state index < -0.39 is 11.9 Å². The third-order valence-corrected chi connectivity index (χ3v) is 6.66. The van der Waals surface area contributed by atoms with Gasteiger partial charge in [0.2, 0.25) is 0 Å². The van der Waals surface area contributed by atoms with Crippen LogP contribution in [-0.4, -0.2) is 64.4 Å². The molecule has 0 bridgehead atoms. The Bertz CT molecular complexity index is 1050. The molecule has 1 unspecified atom stereocenters. The fraction of sp³-hybridized carbons (Fsp3) is 0.348. The van der Waals surface area contributed by atoms with Crippen LogP contribution in [0.1, 0.15) is 23.8 Å². The maximum atomic E-state index is 9.10. The SMILES string of the molecule is O=C(O)C(=O)O.c1ccc2c(c1)OCC(CN1CCC(c3nc4ccccc4s3)CC1)O2. The van der Waals surface area contributed by atoms with Crippen molar-refractivity contribution in [2.24, 2.45) is 0 Å². The van der Waals surface area contributed by atoms with Crippen LogP contribution in [0.5, 0.6) is 11.5 Å². The molecular formula is C23H24N2O6S. The van der Waals surface area contributed by atoms with Crippen LogP contribution in [0.2, 0.25) is 0 Å². The van der Waals surface area contributed by atoms with Crippen molar-refractivity contribution in [3.05, 3.63) is 53.5 Å². The number of ether oxygens (including phenoxy) is 2. The zero-order valence-corrected chi connectivity index (χ0v) is 18.2. The smallest absolute Gasteiger partial charge is 0.414 e. The van der Waals surface area contributed by atoms with E-state index in [4.69, 9.17) is 34.3 Å². The van der Waals surface area contributed by atoms with Crippen LogP contribution in [0.3, 0.4) is 0 Å². The molecule has 8 nitrogen and oxygen atoms in total. The topological polar surface area (TPSA) is 109 Å². The molecule has 32 heavy (non-hydrogen) atoms. The Balaban J connectivity index is 0.000000363. The van der Waals surface area contributed by atoms with Gasteiger partial charge >= 0.3 is 11.9 Å². The molecule has 2 aliphatic heterocycles. The highest BCUT2D eigenvalue weighted by molar-refractivity contribution is 7.18. The van der Waals surface area contributed by atoms with Crippen LogP contribution in [0.15, 0.2) is 48.5 Å². The van der Waals surface area contributed by atoms with E-state index in [0.29, 0.717) is 12.5 Å². The molecular weight excluding hydrogens is 432 g/mol. The molecule has 0 aliphatic carbocycles. The Hall–Kier alpha value is -3.17. The number of benzene rings is 2. The quantitative estimate of drug-likeness (QED) is 0.577. The number of carboxylic acid groups (broad SMARTS) is 2. The second-order valence-electron chi connectivity index (χ2n) is 7.70. The summed E-state index contributed by atoms with van der Waals surface area (Å²) in [5.74, 6) is -1.33. The van der Waals surface area contributed by atoms with Gasteiger partial charge in [-0.05, 0) is 50.2 Å². The number of hydrogen-bond donors (Lipinski definition) is 2. The third kappa shape index (κ3) is 5.35. The van der Waals surface area contributed by atoms with Gasteiger partial charge in [-0.3, -0.25) is 4.90 Å². The van der Waals surface area contributed by atoms with E-state index in [1.165, 1.54) is 22.5 Å². The fourth-order valence-corrected chi connectivity index (χ4v) is 5.00. The lowest BCUT2D eigenvalue weighted by Crippen LogP contribution is -2.43. The number of nitrogens with zero attached hydrogens (tertiary/aromatic N) is 2. The van der Waals surface area contributed by atoms with Gasteiger partial charge in [-0.1, -0.05) is 24.3 Å². The molecule has 1 aromatic heterocycles. The van der Waals surface area contributed by atoms with E-state index in [-0.39, 0.29) is 6.10 Å². The maximum absolute atomic E-state index is 9.10. The molecule has 0 amide bonds. The van der Waals surface area contributed by atoms with Gasteiger partial charge in [0, 0.05) is 12.5 Å². The number of likely N-dealkylation sites (tertiary alicyclic amines) is 1. The van der Waals surface area contributed by atoms with Crippen molar-refractivity contribution < 1.29 is 29.3 Å². The van der Waals surface area contributed by atoms with Gasteiger partial charge in [-0.15, -0.1) is 11.3 Å². The van der Waals surface area contributed by atoms with Gasteiger partial charge in [0.1, 0.15) is 12.7 Å². The number of thiazole rings is 1. The average Bonchev–Trinajstić information content (AvgIpc) is 3.24. The van der Waals surface area contributed by atoms with E-state index in [9.17, 15) is 0 Å². The third-order valence-electron chi connectivity index (χ3n) is 5.46. The fourth-order valence-electron chi connectivity index (χ4n) is 3.87. The molecule has 3 heterocycles. The zero-order valence-electron chi connectivity index (χ0n) is 17.3. The van der Waals surface area contributed by atoms with Crippen molar-refractivity contribution >= 4 is 33.5 Å². The predicted molar refractivity (Wildman–Crippen MR) is 120 cm³/mol. The van der Waals surface area contributed by atoms with Gasteiger partial charge in [0.15, 0.2) is 11.5 Å². The first-order valence-electron chi connectivity index (χ1n) is 10.4. The lowest BCUT2D eigenvalue weighted by atomic mass is 9.97. The highest BCUT2D eigenvalue weighted by atomic mass is 32.1. The Labute approximate surface area is 189 Å². The second kappa shape index (κ2) is 9.97. The normalized spacial score (nSPS) is 18.6. The van der Waals surface area contributed by atoms with Crippen LogP contribution < -0.4 is 9.47 Å². The Morgan fingerprint density at radius 3 is 2.34 bits per heavy atom. The van der Waals surface area contributed by atoms with Crippen LogP contribution >= 0.6 is 11.3 Å². The number of carbonyl (C=O) groups is 2. The summed E-state index contributed by atoms with van der Waals surface area (Å²) < 4.78 is 13.3. The summed E-state index contributed by atoms with van der Waals surface area (Å²) in [5, 5.41) is 16.1. The molecule has 0 saturated carbocycles. The van der Waals surface area contributed by atoms with Crippen molar-refractivity contribution in [2.75, 3.05) is 26.2 Å². The van der Waals surface area contributed by atoms with Crippen molar-refractivity contribution in [1.29, 1.82) is 0 Å². The van der Waals surface area contributed by atoms with Crippen molar-refractivity contribution in [3.63, 3.8) is 0 Å². The predicted octanol–water partition coefficient (Wildman–Crippen LogP) is 3.47. The number of aromatic nitrogens is 1. The maximum Gasteiger partial charge on any atom is 0.414 e. The Morgan fingerprint density at radius 1 is 1.00 bits per heavy atom. The van der Waals surface area contributed by atoms with E-state index in [1.807, 2.05) is 35.6 Å². The molecule has 0 spiro atoms. The number of fused-ring (bicyclic) bond motifs is 2. The lowest BCUT2D eigenvalue weighted by Gasteiger charge is -2.35. The number of aliphatic carboxylic acids is 2. The molecule has 5 rings (SSSR count). The molecule has 1 atom stereocenters. The summed E-state index contributed by atoms with van der Waals surface area (Å²) >= 11 is 1.86. The summed E-state index contributed by atoms with van der Waals surface area (Å²) in [6.45, 7) is 3.76. The van der Waals surface area contributed by atoms with Gasteiger partial charge in [0.05, 0.1) is 15.2 Å². The van der Waals surface area contributed by atoms with Gasteiger partial charge in [-0.2, -0.15) is 0 Å². The standard InChI is InChI=1S/C21H22N2O2S.C2H2O4/c1-4-8-20-17(5-1)22-21(26-20)15-9-11-23(12-10-15)13-16-14-24-18-6-2-3-7-19(18)25-16;3-1(4)2(5)6/h1-8,15-16H,9-14H2;(H,3,4)(H,5,6). The Kier molecular flexibility index (Phi) is 6.87. The number of para-hydroxylation sites is 3. The van der Waals surface area contributed by atoms with E-state index in [2.05, 4.69) is 29.2 Å². The molecule has 9 heteroatoms. The van der Waals surface area contributed by atoms with Crippen LogP contribution in [-0.2, 0) is 9.59 Å². The van der Waals surface area contributed by atoms with Gasteiger partial charge in [0.25, 0.3) is 0 Å². The molecule has 1 saturated heterocycles. The van der Waals surface area contributed by atoms with Gasteiger partial charge in [-0.25, -0.2) is 14.6 Å². The second-order valence-corrected chi connectivity index (χ2v) is 8.76. The molecule has 2 N–H and O–H groups in total. The highest BCUT2D eigenvalue weighted by Crippen LogP contribution is 2.35. The average molecular weight is 457 g/mol. The lowest BCUT2D eigenvalue weighted by molar-refractivity contribution is -0.159. The van der Waals surface area contributed by atoms with E-state index in [0.717, 1.165) is 36.6 Å². The molecule has 3 aromatic rings. The number of hydrogen-bond acceptors (Lipinski definition) is 7. The van der Waals surface area contributed by atoms with Gasteiger partial charge < -0.3 is 19.7 Å². The molecule has 0 radical (unpaired) electrons. The van der Waals surface area contributed by atoms with Crippen molar-refractivity contribution in [2.45, 2.75) is 24.9 Å². The summed E-state index contributed by atoms with van der Waals surface area (Å²) in [6.07, 6.45) is 2.46. The molecule has 2 aromatic carbocycles. The summed E-state index contributed by atoms with van der Waals surface area (Å²) in [4.78, 5) is 25.6. The zero-order chi connectivity index (χ0) is 22.5. The minimum Gasteiger partial charge on any atom is -0.486 e. The summed E-state index contributed by atoms with van der Waals surface area (Å²) in [6, 6.07) is 16.4. The number of rotatable bonds is 3. The minimum absolute atomic E-state index is 0.115. The largest absolute Gasteiger partial charge is 0.486 e. The van der Waals surface area contributed by atoms with Crippen LogP contribution in [0.25, 0.3) is 10.2 Å². The van der Waals surface area contributed by atoms with Crippen LogP contribution in [0.4, 0.5) is 0 Å². The van der Waals surface area contributed by atoms with Crippen molar-refractivity contribution in [1.82, 2.24) is 9.88 Å². The Morgan fingerprint density at radius 2 is 1.66 bits per heavy atom. The minimum atomic E-state index is -1.82. The first-order valence-corrected chi connectivity index (χ1v) is 11.2. The van der Waals surface area contributed by atoms with E-state index >= 15 is 0 Å². The highest BCUT2D eigenvalue weighted by Gasteiger charge is 2.27. The van der Waals surface area contributed by atoms with Crippen LogP contribution in [0, 0.1) is 0 Å². The van der Waals surface area contributed by atoms with Crippen molar-refractivity contribution in [3.8, 4) is 11.5 Å². The summed E-state index contributed by atoms with van der Waals surface area (Å²) in [7, 11) is 0. The summed E-state index contributed by atoms with van der Waals surface area (Å²) in [5.41, 5.74) is 1.14. The molecule has 2 aliphatic rings. The monoisotopic (exact) mass is 456 g/mol.